The molecule has 0 fully saturated rings. The summed E-state index contributed by atoms with van der Waals surface area (Å²) in [5.41, 5.74) is 2.71. The van der Waals surface area contributed by atoms with Gasteiger partial charge in [-0.25, -0.2) is 4.98 Å². The average molecular weight is 358 g/mol. The number of carbonyl (C=O) groups is 1. The first-order valence-electron chi connectivity index (χ1n) is 7.76. The van der Waals surface area contributed by atoms with Gasteiger partial charge in [-0.1, -0.05) is 56.4 Å². The number of nitrogens with zero attached hydrogens (tertiary/aromatic N) is 3. The predicted molar refractivity (Wildman–Crippen MR) is 98.9 cm³/mol. The number of anilines is 1. The van der Waals surface area contributed by atoms with Crippen molar-refractivity contribution in [2.45, 2.75) is 33.1 Å². The number of hydrogen-bond donors (Lipinski definition) is 1. The van der Waals surface area contributed by atoms with Crippen molar-refractivity contribution in [1.82, 2.24) is 15.2 Å². The zero-order valence-corrected chi connectivity index (χ0v) is 15.4. The monoisotopic (exact) mass is 358 g/mol. The fraction of sp³-hybridized carbons (Fsp3) is 0.294. The molecule has 1 N–H and O–H groups in total. The van der Waals surface area contributed by atoms with Crippen molar-refractivity contribution in [1.29, 1.82) is 0 Å². The molecule has 3 aromatic rings. The van der Waals surface area contributed by atoms with Crippen LogP contribution in [0.2, 0.25) is 0 Å². The van der Waals surface area contributed by atoms with Crippen molar-refractivity contribution in [3.63, 3.8) is 0 Å². The van der Waals surface area contributed by atoms with Crippen molar-refractivity contribution in [2.24, 2.45) is 0 Å². The van der Waals surface area contributed by atoms with Gasteiger partial charge in [0.15, 0.2) is 0 Å². The van der Waals surface area contributed by atoms with E-state index in [1.54, 1.807) is 5.38 Å². The molecular formula is C17H18N4OS2. The summed E-state index contributed by atoms with van der Waals surface area (Å²) in [5, 5.41) is 14.7. The Morgan fingerprint density at radius 3 is 2.58 bits per heavy atom. The van der Waals surface area contributed by atoms with Crippen molar-refractivity contribution in [3.8, 4) is 10.6 Å². The molecule has 0 aliphatic carbocycles. The molecule has 2 heterocycles. The minimum Gasteiger partial charge on any atom is -0.295 e. The summed E-state index contributed by atoms with van der Waals surface area (Å²) in [5.74, 6) is 0.242. The molecular weight excluding hydrogens is 340 g/mol. The molecule has 24 heavy (non-hydrogen) atoms. The zero-order valence-electron chi connectivity index (χ0n) is 13.7. The summed E-state index contributed by atoms with van der Waals surface area (Å²) in [7, 11) is 0. The molecule has 1 aromatic carbocycles. The average Bonchev–Trinajstić information content (AvgIpc) is 3.24. The van der Waals surface area contributed by atoms with Crippen LogP contribution in [0.3, 0.4) is 0 Å². The van der Waals surface area contributed by atoms with E-state index in [-0.39, 0.29) is 5.91 Å². The van der Waals surface area contributed by atoms with Crippen LogP contribution in [0.1, 0.15) is 47.7 Å². The molecule has 0 spiro atoms. The summed E-state index contributed by atoms with van der Waals surface area (Å²) >= 11 is 2.85. The van der Waals surface area contributed by atoms with Gasteiger partial charge in [0.2, 0.25) is 5.13 Å². The predicted octanol–water partition coefficient (Wildman–Crippen LogP) is 4.60. The van der Waals surface area contributed by atoms with Crippen LogP contribution in [-0.2, 0) is 6.42 Å². The summed E-state index contributed by atoms with van der Waals surface area (Å²) in [6, 6.07) is 8.31. The third-order valence-corrected chi connectivity index (χ3v) is 5.43. The lowest BCUT2D eigenvalue weighted by Crippen LogP contribution is -2.12. The van der Waals surface area contributed by atoms with Gasteiger partial charge in [0, 0.05) is 10.9 Å². The van der Waals surface area contributed by atoms with E-state index in [1.807, 2.05) is 19.1 Å². The van der Waals surface area contributed by atoms with E-state index >= 15 is 0 Å². The quantitative estimate of drug-likeness (QED) is 0.724. The highest BCUT2D eigenvalue weighted by atomic mass is 32.1. The second-order valence-electron chi connectivity index (χ2n) is 5.62. The third kappa shape index (κ3) is 3.68. The molecule has 0 bridgehead atoms. The largest absolute Gasteiger partial charge is 0.295 e. The lowest BCUT2D eigenvalue weighted by atomic mass is 10.0. The molecule has 0 saturated carbocycles. The van der Waals surface area contributed by atoms with Gasteiger partial charge in [0.05, 0.1) is 0 Å². The standard InChI is InChI=1S/C17H18N4OS2/c1-4-14-20-21-17(24-14)19-15(22)13-9-23-16(18-13)12-7-5-11(6-8-12)10(2)3/h5-10H,4H2,1-3H3,(H,19,21,22). The van der Waals surface area contributed by atoms with Crippen LogP contribution in [0.15, 0.2) is 29.6 Å². The van der Waals surface area contributed by atoms with Crippen LogP contribution >= 0.6 is 22.7 Å². The molecule has 0 aliphatic rings. The Morgan fingerprint density at radius 1 is 1.21 bits per heavy atom. The van der Waals surface area contributed by atoms with E-state index in [0.29, 0.717) is 16.7 Å². The number of hydrogen-bond acceptors (Lipinski definition) is 6. The topological polar surface area (TPSA) is 67.8 Å². The second kappa shape index (κ2) is 7.19. The minimum absolute atomic E-state index is 0.255. The molecule has 124 valence electrons. The van der Waals surface area contributed by atoms with Gasteiger partial charge in [-0.3, -0.25) is 10.1 Å². The normalized spacial score (nSPS) is 11.0. The summed E-state index contributed by atoms with van der Waals surface area (Å²) in [6.45, 7) is 6.33. The van der Waals surface area contributed by atoms with Crippen LogP contribution in [0.25, 0.3) is 10.6 Å². The first-order valence-corrected chi connectivity index (χ1v) is 9.46. The van der Waals surface area contributed by atoms with Crippen LogP contribution in [-0.4, -0.2) is 21.1 Å². The van der Waals surface area contributed by atoms with Crippen LogP contribution in [0.5, 0.6) is 0 Å². The number of benzene rings is 1. The molecule has 0 radical (unpaired) electrons. The first kappa shape index (κ1) is 16.7. The number of nitrogens with one attached hydrogen (secondary N) is 1. The maximum absolute atomic E-state index is 12.3. The summed E-state index contributed by atoms with van der Waals surface area (Å²) < 4.78 is 0. The van der Waals surface area contributed by atoms with Gasteiger partial charge in [-0.05, 0) is 17.9 Å². The Kier molecular flexibility index (Phi) is 5.01. The maximum Gasteiger partial charge on any atom is 0.276 e. The van der Waals surface area contributed by atoms with Gasteiger partial charge in [0.1, 0.15) is 15.7 Å². The third-order valence-electron chi connectivity index (χ3n) is 3.55. The van der Waals surface area contributed by atoms with E-state index < -0.39 is 0 Å². The van der Waals surface area contributed by atoms with Gasteiger partial charge in [-0.2, -0.15) is 0 Å². The smallest absolute Gasteiger partial charge is 0.276 e. The molecule has 5 nitrogen and oxygen atoms in total. The van der Waals surface area contributed by atoms with E-state index in [4.69, 9.17) is 0 Å². The first-order chi connectivity index (χ1) is 11.6. The van der Waals surface area contributed by atoms with Gasteiger partial charge >= 0.3 is 0 Å². The number of rotatable bonds is 5. The van der Waals surface area contributed by atoms with E-state index in [2.05, 4.69) is 46.5 Å². The van der Waals surface area contributed by atoms with Crippen molar-refractivity contribution in [3.05, 3.63) is 45.9 Å². The molecule has 1 amide bonds. The Bertz CT molecular complexity index is 836. The number of aromatic nitrogens is 3. The number of aryl methyl sites for hydroxylation is 1. The Morgan fingerprint density at radius 2 is 1.96 bits per heavy atom. The summed E-state index contributed by atoms with van der Waals surface area (Å²) in [6.07, 6.45) is 0.806. The second-order valence-corrected chi connectivity index (χ2v) is 7.54. The van der Waals surface area contributed by atoms with Crippen molar-refractivity contribution < 1.29 is 4.79 Å². The fourth-order valence-electron chi connectivity index (χ4n) is 2.13. The number of carbonyl (C=O) groups excluding carboxylic acids is 1. The number of amides is 1. The van der Waals surface area contributed by atoms with Crippen LogP contribution in [0, 0.1) is 0 Å². The fourth-order valence-corrected chi connectivity index (χ4v) is 3.61. The van der Waals surface area contributed by atoms with Crippen molar-refractivity contribution >= 4 is 33.7 Å². The number of thiazole rings is 1. The molecule has 7 heteroatoms. The maximum atomic E-state index is 12.3. The van der Waals surface area contributed by atoms with Crippen LogP contribution in [0.4, 0.5) is 5.13 Å². The van der Waals surface area contributed by atoms with Crippen molar-refractivity contribution in [2.75, 3.05) is 5.32 Å². The van der Waals surface area contributed by atoms with E-state index in [9.17, 15) is 4.79 Å². The zero-order chi connectivity index (χ0) is 17.1. The highest BCUT2D eigenvalue weighted by Gasteiger charge is 2.14. The van der Waals surface area contributed by atoms with Gasteiger partial charge in [-0.15, -0.1) is 21.5 Å². The van der Waals surface area contributed by atoms with Gasteiger partial charge in [0.25, 0.3) is 5.91 Å². The lowest BCUT2D eigenvalue weighted by molar-refractivity contribution is 0.102. The molecule has 0 saturated heterocycles. The Labute approximate surface area is 148 Å². The van der Waals surface area contributed by atoms with Gasteiger partial charge < -0.3 is 0 Å². The molecule has 0 atom stereocenters. The molecule has 3 rings (SSSR count). The molecule has 0 unspecified atom stereocenters. The Balaban J connectivity index is 1.73. The molecule has 2 aromatic heterocycles. The van der Waals surface area contributed by atoms with E-state index in [0.717, 1.165) is 22.0 Å². The molecule has 0 aliphatic heterocycles. The van der Waals surface area contributed by atoms with Crippen LogP contribution < -0.4 is 5.32 Å². The highest BCUT2D eigenvalue weighted by molar-refractivity contribution is 7.15. The SMILES string of the molecule is CCc1nnc(NC(=O)c2csc(-c3ccc(C(C)C)cc3)n2)s1. The lowest BCUT2D eigenvalue weighted by Gasteiger charge is -2.05. The highest BCUT2D eigenvalue weighted by Crippen LogP contribution is 2.26. The van der Waals surface area contributed by atoms with E-state index in [1.165, 1.54) is 28.2 Å². The summed E-state index contributed by atoms with van der Waals surface area (Å²) in [4.78, 5) is 16.7. The Hall–Kier alpha value is -2.12. The minimum atomic E-state index is -0.255.